The molecular formula is C29H20F6. The van der Waals surface area contributed by atoms with E-state index in [4.69, 9.17) is 0 Å². The lowest BCUT2D eigenvalue weighted by molar-refractivity contribution is 0.517. The Bertz CT molecular complexity index is 1430. The highest BCUT2D eigenvalue weighted by atomic mass is 19.2. The molecule has 4 aromatic rings. The first kappa shape index (κ1) is 24.4. The topological polar surface area (TPSA) is 0 Å². The molecule has 0 aliphatic carbocycles. The molecule has 0 saturated carbocycles. The van der Waals surface area contributed by atoms with Gasteiger partial charge in [-0.2, -0.15) is 0 Å². The maximum absolute atomic E-state index is 14.7. The fraction of sp³-hybridized carbons (Fsp3) is 0.172. The maximum Gasteiger partial charge on any atom is 0.166 e. The number of fused-ring (bicyclic) bond motifs is 1. The molecule has 0 atom stereocenters. The largest absolute Gasteiger partial charge is 0.206 e. The van der Waals surface area contributed by atoms with Crippen LogP contribution in [0.15, 0.2) is 54.6 Å². The molecule has 0 N–H and O–H groups in total. The molecule has 0 heterocycles. The standard InChI is InChI=1S/C29H20F6/c1-2-3-4-5-18-13-26(33)28(27(34)14-18)20-15-24(31)22(25(32)16-20)10-7-17-6-9-21-19(12-17)8-11-23(30)29(21)35/h6,8-9,11-16H,2-5H2,1H3. The van der Waals surface area contributed by atoms with E-state index < -0.39 is 46.0 Å². The first-order valence-electron chi connectivity index (χ1n) is 11.2. The summed E-state index contributed by atoms with van der Waals surface area (Å²) in [5, 5.41) is 0.425. The number of hydrogen-bond donors (Lipinski definition) is 0. The third-order valence-electron chi connectivity index (χ3n) is 5.74. The molecule has 6 heteroatoms. The van der Waals surface area contributed by atoms with Crippen molar-refractivity contribution in [2.75, 3.05) is 0 Å². The second kappa shape index (κ2) is 10.3. The molecule has 0 bridgehead atoms. The lowest BCUT2D eigenvalue weighted by atomic mass is 9.98. The smallest absolute Gasteiger partial charge is 0.166 e. The molecule has 4 aromatic carbocycles. The summed E-state index contributed by atoms with van der Waals surface area (Å²) in [7, 11) is 0. The Labute approximate surface area is 199 Å². The summed E-state index contributed by atoms with van der Waals surface area (Å²) in [5.41, 5.74) is -0.550. The van der Waals surface area contributed by atoms with Crippen LogP contribution in [0, 0.1) is 46.7 Å². The highest BCUT2D eigenvalue weighted by molar-refractivity contribution is 5.84. The number of rotatable bonds is 5. The quantitative estimate of drug-likeness (QED) is 0.152. The van der Waals surface area contributed by atoms with Crippen molar-refractivity contribution in [2.24, 2.45) is 0 Å². The Morgan fingerprint density at radius 3 is 2.00 bits per heavy atom. The maximum atomic E-state index is 14.7. The number of halogens is 6. The fourth-order valence-corrected chi connectivity index (χ4v) is 3.94. The van der Waals surface area contributed by atoms with Crippen LogP contribution in [-0.4, -0.2) is 0 Å². The lowest BCUT2D eigenvalue weighted by Gasteiger charge is -2.10. The zero-order valence-electron chi connectivity index (χ0n) is 18.8. The van der Waals surface area contributed by atoms with Gasteiger partial charge in [-0.1, -0.05) is 43.7 Å². The highest BCUT2D eigenvalue weighted by Crippen LogP contribution is 2.30. The van der Waals surface area contributed by atoms with E-state index >= 15 is 0 Å². The van der Waals surface area contributed by atoms with E-state index in [0.717, 1.165) is 37.5 Å². The molecule has 0 saturated heterocycles. The molecule has 0 amide bonds. The number of aryl methyl sites for hydroxylation is 1. The Morgan fingerprint density at radius 2 is 1.34 bits per heavy atom. The van der Waals surface area contributed by atoms with E-state index in [1.807, 2.05) is 6.92 Å². The number of hydrogen-bond acceptors (Lipinski definition) is 0. The van der Waals surface area contributed by atoms with Gasteiger partial charge in [0.15, 0.2) is 11.6 Å². The summed E-state index contributed by atoms with van der Waals surface area (Å²) in [4.78, 5) is 0. The first-order chi connectivity index (χ1) is 16.8. The van der Waals surface area contributed by atoms with Crippen LogP contribution in [0.1, 0.15) is 42.9 Å². The third-order valence-corrected chi connectivity index (χ3v) is 5.74. The van der Waals surface area contributed by atoms with Crippen LogP contribution in [-0.2, 0) is 6.42 Å². The van der Waals surface area contributed by atoms with Crippen molar-refractivity contribution in [1.82, 2.24) is 0 Å². The predicted molar refractivity (Wildman–Crippen MR) is 125 cm³/mol. The van der Waals surface area contributed by atoms with Crippen molar-refractivity contribution < 1.29 is 26.3 Å². The van der Waals surface area contributed by atoms with Crippen molar-refractivity contribution in [2.45, 2.75) is 32.6 Å². The minimum absolute atomic E-state index is 0.0534. The van der Waals surface area contributed by atoms with Gasteiger partial charge in [0.1, 0.15) is 23.3 Å². The Hall–Kier alpha value is -3.72. The Balaban J connectivity index is 1.65. The second-order valence-corrected chi connectivity index (χ2v) is 8.25. The van der Waals surface area contributed by atoms with Crippen molar-refractivity contribution in [1.29, 1.82) is 0 Å². The zero-order valence-corrected chi connectivity index (χ0v) is 18.8. The summed E-state index contributed by atoms with van der Waals surface area (Å²) >= 11 is 0. The van der Waals surface area contributed by atoms with Crippen LogP contribution >= 0.6 is 0 Å². The van der Waals surface area contributed by atoms with Gasteiger partial charge >= 0.3 is 0 Å². The molecular weight excluding hydrogens is 462 g/mol. The molecule has 0 nitrogen and oxygen atoms in total. The molecule has 0 fully saturated rings. The normalized spacial score (nSPS) is 10.9. The monoisotopic (exact) mass is 482 g/mol. The van der Waals surface area contributed by atoms with Crippen LogP contribution in [0.3, 0.4) is 0 Å². The third kappa shape index (κ3) is 5.19. The van der Waals surface area contributed by atoms with Crippen LogP contribution in [0.2, 0.25) is 0 Å². The second-order valence-electron chi connectivity index (χ2n) is 8.25. The van der Waals surface area contributed by atoms with Gasteiger partial charge in [-0.25, -0.2) is 26.3 Å². The molecule has 0 spiro atoms. The first-order valence-corrected chi connectivity index (χ1v) is 11.2. The average molecular weight is 482 g/mol. The van der Waals surface area contributed by atoms with E-state index in [1.54, 1.807) is 0 Å². The molecule has 0 aromatic heterocycles. The highest BCUT2D eigenvalue weighted by Gasteiger charge is 2.18. The average Bonchev–Trinajstić information content (AvgIpc) is 2.81. The van der Waals surface area contributed by atoms with Crippen LogP contribution in [0.4, 0.5) is 26.3 Å². The van der Waals surface area contributed by atoms with Crippen LogP contribution < -0.4 is 0 Å². The van der Waals surface area contributed by atoms with Crippen LogP contribution in [0.25, 0.3) is 21.9 Å². The van der Waals surface area contributed by atoms with E-state index in [-0.39, 0.29) is 10.9 Å². The fourth-order valence-electron chi connectivity index (χ4n) is 3.94. The van der Waals surface area contributed by atoms with Crippen LogP contribution in [0.5, 0.6) is 0 Å². The molecule has 0 radical (unpaired) electrons. The number of benzene rings is 4. The van der Waals surface area contributed by atoms with E-state index in [9.17, 15) is 26.3 Å². The van der Waals surface area contributed by atoms with Gasteiger partial charge in [-0.05, 0) is 71.8 Å². The van der Waals surface area contributed by atoms with Gasteiger partial charge in [0, 0.05) is 10.9 Å². The van der Waals surface area contributed by atoms with E-state index in [0.29, 0.717) is 22.9 Å². The van der Waals surface area contributed by atoms with E-state index in [1.165, 1.54) is 36.4 Å². The molecule has 35 heavy (non-hydrogen) atoms. The van der Waals surface area contributed by atoms with Gasteiger partial charge in [0.25, 0.3) is 0 Å². The number of unbranched alkanes of at least 4 members (excludes halogenated alkanes) is 2. The van der Waals surface area contributed by atoms with Gasteiger partial charge in [0.05, 0.1) is 11.1 Å². The molecule has 0 aliphatic heterocycles. The van der Waals surface area contributed by atoms with Gasteiger partial charge in [0.2, 0.25) is 0 Å². The Morgan fingerprint density at radius 1 is 0.657 bits per heavy atom. The minimum Gasteiger partial charge on any atom is -0.206 e. The minimum atomic E-state index is -1.08. The molecule has 178 valence electrons. The summed E-state index contributed by atoms with van der Waals surface area (Å²) in [5.74, 6) is -0.959. The molecule has 0 aliphatic rings. The van der Waals surface area contributed by atoms with Gasteiger partial charge < -0.3 is 0 Å². The molecule has 0 unspecified atom stereocenters. The van der Waals surface area contributed by atoms with Gasteiger partial charge in [-0.3, -0.25) is 0 Å². The summed E-state index contributed by atoms with van der Waals surface area (Å²) in [6.07, 6.45) is 3.19. The van der Waals surface area contributed by atoms with Crippen molar-refractivity contribution in [3.63, 3.8) is 0 Å². The summed E-state index contributed by atoms with van der Waals surface area (Å²) in [6.45, 7) is 2.02. The Kier molecular flexibility index (Phi) is 7.16. The van der Waals surface area contributed by atoms with Crippen molar-refractivity contribution in [3.05, 3.63) is 106 Å². The predicted octanol–water partition coefficient (Wildman–Crippen LogP) is 8.47. The van der Waals surface area contributed by atoms with Crippen molar-refractivity contribution >= 4 is 10.8 Å². The molecule has 4 rings (SSSR count). The zero-order chi connectivity index (χ0) is 25.1. The van der Waals surface area contributed by atoms with E-state index in [2.05, 4.69) is 11.8 Å². The van der Waals surface area contributed by atoms with Gasteiger partial charge in [-0.15, -0.1) is 0 Å². The summed E-state index contributed by atoms with van der Waals surface area (Å²) in [6, 6.07) is 10.6. The van der Waals surface area contributed by atoms with Crippen molar-refractivity contribution in [3.8, 4) is 23.0 Å². The summed E-state index contributed by atoms with van der Waals surface area (Å²) < 4.78 is 86.0. The lowest BCUT2D eigenvalue weighted by Crippen LogP contribution is -1.98. The SMILES string of the molecule is CCCCCc1cc(F)c(-c2cc(F)c(C#Cc3ccc4c(F)c(F)ccc4c3)c(F)c2)c(F)c1.